The van der Waals surface area contributed by atoms with E-state index in [2.05, 4.69) is 5.32 Å². The largest absolute Gasteiger partial charge is 0.393 e. The summed E-state index contributed by atoms with van der Waals surface area (Å²) in [6.45, 7) is 0.616. The molecule has 2 amide bonds. The molecule has 5 heteroatoms. The monoisotopic (exact) mass is 336 g/mol. The summed E-state index contributed by atoms with van der Waals surface area (Å²) in [5.74, 6) is 0.728. The van der Waals surface area contributed by atoms with Crippen LogP contribution < -0.4 is 5.32 Å². The summed E-state index contributed by atoms with van der Waals surface area (Å²) in [5, 5.41) is 13.8. The molecule has 23 heavy (non-hydrogen) atoms. The van der Waals surface area contributed by atoms with Crippen molar-refractivity contribution >= 4 is 17.6 Å². The Morgan fingerprint density at radius 3 is 2.57 bits per heavy atom. The maximum absolute atomic E-state index is 12.5. The van der Waals surface area contributed by atoms with Crippen molar-refractivity contribution in [1.29, 1.82) is 0 Å². The Hall–Kier alpha value is -1.26. The van der Waals surface area contributed by atoms with Gasteiger partial charge < -0.3 is 15.3 Å². The highest BCUT2D eigenvalue weighted by Crippen LogP contribution is 2.41. The number of carbonyl (C=O) groups is 1. The Balaban J connectivity index is 1.60. The summed E-state index contributed by atoms with van der Waals surface area (Å²) in [5.41, 5.74) is 1.11. The molecule has 0 bridgehead atoms. The molecule has 0 saturated heterocycles. The van der Waals surface area contributed by atoms with E-state index >= 15 is 0 Å². The molecule has 2 aliphatic carbocycles. The van der Waals surface area contributed by atoms with Crippen molar-refractivity contribution in [3.63, 3.8) is 0 Å². The van der Waals surface area contributed by atoms with E-state index in [1.807, 2.05) is 31.3 Å². The SMILES string of the molecule is CN(CC1CCCC1O)C(=O)NC(c1ccc(Cl)cc1)C1CC1. The molecule has 0 aromatic heterocycles. The summed E-state index contributed by atoms with van der Waals surface area (Å²) in [6, 6.07) is 7.72. The second-order valence-electron chi connectivity index (χ2n) is 6.95. The zero-order valence-electron chi connectivity index (χ0n) is 13.5. The van der Waals surface area contributed by atoms with Crippen LogP contribution in [0.4, 0.5) is 4.79 Å². The number of aliphatic hydroxyl groups excluding tert-OH is 1. The minimum atomic E-state index is -0.263. The van der Waals surface area contributed by atoms with Gasteiger partial charge in [-0.2, -0.15) is 0 Å². The predicted octanol–water partition coefficient (Wildman–Crippen LogP) is 3.59. The number of halogens is 1. The van der Waals surface area contributed by atoms with Crippen molar-refractivity contribution < 1.29 is 9.90 Å². The molecule has 2 N–H and O–H groups in total. The Morgan fingerprint density at radius 1 is 1.30 bits per heavy atom. The van der Waals surface area contributed by atoms with Gasteiger partial charge in [0.05, 0.1) is 12.1 Å². The van der Waals surface area contributed by atoms with E-state index in [9.17, 15) is 9.90 Å². The van der Waals surface area contributed by atoms with Crippen molar-refractivity contribution in [3.8, 4) is 0 Å². The molecule has 2 aliphatic rings. The fraction of sp³-hybridized carbons (Fsp3) is 0.611. The summed E-state index contributed by atoms with van der Waals surface area (Å²) in [6.07, 6.45) is 4.95. The normalized spacial score (nSPS) is 25.2. The van der Waals surface area contributed by atoms with E-state index in [-0.39, 0.29) is 24.1 Å². The first-order chi connectivity index (χ1) is 11.0. The van der Waals surface area contributed by atoms with Crippen LogP contribution in [0.3, 0.4) is 0 Å². The topological polar surface area (TPSA) is 52.6 Å². The average Bonchev–Trinajstić information content (AvgIpc) is 3.30. The van der Waals surface area contributed by atoms with E-state index in [4.69, 9.17) is 11.6 Å². The number of nitrogens with zero attached hydrogens (tertiary/aromatic N) is 1. The molecule has 0 radical (unpaired) electrons. The highest BCUT2D eigenvalue weighted by Gasteiger charge is 2.34. The second-order valence-corrected chi connectivity index (χ2v) is 7.39. The van der Waals surface area contributed by atoms with Gasteiger partial charge in [-0.15, -0.1) is 0 Å². The zero-order valence-corrected chi connectivity index (χ0v) is 14.3. The maximum Gasteiger partial charge on any atom is 0.317 e. The van der Waals surface area contributed by atoms with Crippen molar-refractivity contribution in [2.24, 2.45) is 11.8 Å². The number of aliphatic hydroxyl groups is 1. The molecule has 0 heterocycles. The predicted molar refractivity (Wildman–Crippen MR) is 91.4 cm³/mol. The van der Waals surface area contributed by atoms with Gasteiger partial charge in [-0.1, -0.05) is 30.2 Å². The summed E-state index contributed by atoms with van der Waals surface area (Å²) in [4.78, 5) is 14.2. The van der Waals surface area contributed by atoms with Gasteiger partial charge in [0.25, 0.3) is 0 Å². The van der Waals surface area contributed by atoms with Crippen LogP contribution in [-0.4, -0.2) is 35.7 Å². The molecule has 4 nitrogen and oxygen atoms in total. The molecule has 2 fully saturated rings. The third-order valence-electron chi connectivity index (χ3n) is 5.08. The lowest BCUT2D eigenvalue weighted by atomic mass is 10.0. The molecule has 1 aromatic carbocycles. The van der Waals surface area contributed by atoms with Gasteiger partial charge >= 0.3 is 6.03 Å². The minimum Gasteiger partial charge on any atom is -0.393 e. The summed E-state index contributed by atoms with van der Waals surface area (Å²) in [7, 11) is 1.81. The van der Waals surface area contributed by atoms with Crippen molar-refractivity contribution in [2.45, 2.75) is 44.2 Å². The van der Waals surface area contributed by atoms with Crippen LogP contribution in [-0.2, 0) is 0 Å². The molecule has 1 aromatic rings. The molecule has 3 unspecified atom stereocenters. The number of urea groups is 1. The second kappa shape index (κ2) is 7.10. The molecule has 2 saturated carbocycles. The van der Waals surface area contributed by atoms with E-state index in [0.717, 1.165) is 37.7 Å². The highest BCUT2D eigenvalue weighted by molar-refractivity contribution is 6.30. The first-order valence-corrected chi connectivity index (χ1v) is 8.87. The van der Waals surface area contributed by atoms with E-state index in [0.29, 0.717) is 17.5 Å². The highest BCUT2D eigenvalue weighted by atomic mass is 35.5. The Bertz CT molecular complexity index is 544. The van der Waals surface area contributed by atoms with E-state index < -0.39 is 0 Å². The number of rotatable bonds is 5. The molecule has 0 aliphatic heterocycles. The first kappa shape index (κ1) is 16.6. The van der Waals surface area contributed by atoms with E-state index in [1.165, 1.54) is 0 Å². The maximum atomic E-state index is 12.5. The number of amides is 2. The molecule has 126 valence electrons. The fourth-order valence-corrected chi connectivity index (χ4v) is 3.61. The van der Waals surface area contributed by atoms with Crippen LogP contribution in [0.25, 0.3) is 0 Å². The van der Waals surface area contributed by atoms with Gasteiger partial charge in [0.1, 0.15) is 0 Å². The zero-order chi connectivity index (χ0) is 16.4. The summed E-state index contributed by atoms with van der Waals surface area (Å²) >= 11 is 5.96. The lowest BCUT2D eigenvalue weighted by molar-refractivity contribution is 0.113. The molecule has 3 rings (SSSR count). The van der Waals surface area contributed by atoms with Crippen LogP contribution in [0.15, 0.2) is 24.3 Å². The minimum absolute atomic E-state index is 0.0516. The van der Waals surface area contributed by atoms with Crippen LogP contribution in [0, 0.1) is 11.8 Å². The third kappa shape index (κ3) is 4.18. The van der Waals surface area contributed by atoms with Gasteiger partial charge in [0.15, 0.2) is 0 Å². The fourth-order valence-electron chi connectivity index (χ4n) is 3.48. The van der Waals surface area contributed by atoms with Gasteiger partial charge in [0.2, 0.25) is 0 Å². The number of benzene rings is 1. The van der Waals surface area contributed by atoms with Gasteiger partial charge in [-0.25, -0.2) is 4.79 Å². The molecular weight excluding hydrogens is 312 g/mol. The van der Waals surface area contributed by atoms with Crippen molar-refractivity contribution in [2.75, 3.05) is 13.6 Å². The standard InChI is InChI=1S/C18H25ClN2O2/c1-21(11-14-3-2-4-16(14)22)18(23)20-17(12-5-6-12)13-7-9-15(19)10-8-13/h7-10,12,14,16-17,22H,2-6,11H2,1H3,(H,20,23). The first-order valence-electron chi connectivity index (χ1n) is 8.49. The number of hydrogen-bond donors (Lipinski definition) is 2. The van der Waals surface area contributed by atoms with Crippen molar-refractivity contribution in [3.05, 3.63) is 34.9 Å². The Morgan fingerprint density at radius 2 is 2.00 bits per heavy atom. The summed E-state index contributed by atoms with van der Waals surface area (Å²) < 4.78 is 0. The van der Waals surface area contributed by atoms with E-state index in [1.54, 1.807) is 4.90 Å². The smallest absolute Gasteiger partial charge is 0.317 e. The Labute approximate surface area is 142 Å². The number of hydrogen-bond acceptors (Lipinski definition) is 2. The lowest BCUT2D eigenvalue weighted by Gasteiger charge is -2.27. The van der Waals surface area contributed by atoms with Crippen LogP contribution >= 0.6 is 11.6 Å². The van der Waals surface area contributed by atoms with Crippen LogP contribution in [0.1, 0.15) is 43.7 Å². The lowest BCUT2D eigenvalue weighted by Crippen LogP contribution is -2.43. The molecule has 0 spiro atoms. The molecule has 3 atom stereocenters. The quantitative estimate of drug-likeness (QED) is 0.863. The Kier molecular flexibility index (Phi) is 5.12. The van der Waals surface area contributed by atoms with Gasteiger partial charge in [0, 0.05) is 24.5 Å². The van der Waals surface area contributed by atoms with Gasteiger partial charge in [-0.3, -0.25) is 0 Å². The number of carbonyl (C=O) groups excluding carboxylic acids is 1. The van der Waals surface area contributed by atoms with Crippen LogP contribution in [0.5, 0.6) is 0 Å². The average molecular weight is 337 g/mol. The van der Waals surface area contributed by atoms with Gasteiger partial charge in [-0.05, 0) is 49.3 Å². The third-order valence-corrected chi connectivity index (χ3v) is 5.33. The molecular formula is C18H25ClN2O2. The van der Waals surface area contributed by atoms with Crippen LogP contribution in [0.2, 0.25) is 5.02 Å². The number of nitrogens with one attached hydrogen (secondary N) is 1. The van der Waals surface area contributed by atoms with Crippen molar-refractivity contribution in [1.82, 2.24) is 10.2 Å².